The Morgan fingerprint density at radius 3 is 1.10 bits per heavy atom. The normalized spacial score (nSPS) is 13.1. The molecule has 0 aliphatic carbocycles. The lowest BCUT2D eigenvalue weighted by Crippen LogP contribution is -2.30. The van der Waals surface area contributed by atoms with Gasteiger partial charge in [-0.25, -0.2) is 0 Å². The minimum absolute atomic E-state index is 0.109. The molecule has 0 fully saturated rings. The van der Waals surface area contributed by atoms with E-state index in [0.717, 1.165) is 154 Å². The molecule has 0 aliphatic rings. The van der Waals surface area contributed by atoms with Crippen LogP contribution >= 0.6 is 0 Å². The van der Waals surface area contributed by atoms with E-state index in [-0.39, 0.29) is 37.5 Å². The number of ether oxygens (including phenoxy) is 3. The molecule has 0 aromatic heterocycles. The lowest BCUT2D eigenvalue weighted by molar-refractivity contribution is -0.167. The molecule has 348 valence electrons. The van der Waals surface area contributed by atoms with Crippen molar-refractivity contribution in [2.24, 2.45) is 0 Å². The summed E-state index contributed by atoms with van der Waals surface area (Å²) in [6, 6.07) is 0. The van der Waals surface area contributed by atoms with E-state index in [9.17, 15) is 14.4 Å². The van der Waals surface area contributed by atoms with Crippen molar-refractivity contribution in [1.82, 2.24) is 0 Å². The van der Waals surface area contributed by atoms with Crippen molar-refractivity contribution in [1.29, 1.82) is 0 Å². The van der Waals surface area contributed by atoms with Crippen LogP contribution in [0, 0.1) is 0 Å². The number of allylic oxidation sites excluding steroid dienone is 20. The number of esters is 3. The zero-order valence-corrected chi connectivity index (χ0v) is 39.6. The molecule has 6 nitrogen and oxygen atoms in total. The monoisotopic (exact) mass is 857 g/mol. The maximum atomic E-state index is 12.8. The summed E-state index contributed by atoms with van der Waals surface area (Å²) in [5, 5.41) is 0. The molecule has 1 atom stereocenters. The SMILES string of the molecule is CC\C=C/C=C\C=C/CCCCCCCC(=O)OC(COC(=O)CCCCC/C=C\C/C=C\C/C=C\C/C=C\C/C=C\CC)COC(=O)CCCCCCC/C=C\C/C=C\CC. The quantitative estimate of drug-likeness (QED) is 0.0200. The molecule has 6 heteroatoms. The first-order chi connectivity index (χ1) is 30.5. The van der Waals surface area contributed by atoms with Gasteiger partial charge in [0.05, 0.1) is 0 Å². The van der Waals surface area contributed by atoms with E-state index < -0.39 is 6.10 Å². The van der Waals surface area contributed by atoms with Crippen LogP contribution in [-0.2, 0) is 28.6 Å². The molecule has 0 amide bonds. The lowest BCUT2D eigenvalue weighted by Gasteiger charge is -2.18. The molecule has 0 aromatic carbocycles. The smallest absolute Gasteiger partial charge is 0.306 e. The van der Waals surface area contributed by atoms with Crippen molar-refractivity contribution < 1.29 is 28.6 Å². The van der Waals surface area contributed by atoms with Crippen molar-refractivity contribution in [2.75, 3.05) is 13.2 Å². The van der Waals surface area contributed by atoms with Crippen LogP contribution in [0.4, 0.5) is 0 Å². The topological polar surface area (TPSA) is 78.9 Å². The van der Waals surface area contributed by atoms with Crippen LogP contribution < -0.4 is 0 Å². The number of rotatable bonds is 42. The maximum Gasteiger partial charge on any atom is 0.306 e. The average Bonchev–Trinajstić information content (AvgIpc) is 3.27. The Labute approximate surface area is 380 Å². The summed E-state index contributed by atoms with van der Waals surface area (Å²) in [4.78, 5) is 37.9. The first-order valence-electron chi connectivity index (χ1n) is 24.6. The summed E-state index contributed by atoms with van der Waals surface area (Å²) in [5.74, 6) is -0.987. The average molecular weight is 857 g/mol. The molecule has 0 saturated heterocycles. The van der Waals surface area contributed by atoms with Gasteiger partial charge in [0.15, 0.2) is 6.10 Å². The van der Waals surface area contributed by atoms with Gasteiger partial charge in [-0.05, 0) is 109 Å². The molecule has 0 N–H and O–H groups in total. The van der Waals surface area contributed by atoms with Gasteiger partial charge >= 0.3 is 17.9 Å². The Hall–Kier alpha value is -4.19. The van der Waals surface area contributed by atoms with Crippen LogP contribution in [-0.4, -0.2) is 37.2 Å². The van der Waals surface area contributed by atoms with Crippen molar-refractivity contribution in [3.8, 4) is 0 Å². The Morgan fingerprint density at radius 2 is 0.661 bits per heavy atom. The van der Waals surface area contributed by atoms with Crippen LogP contribution in [0.3, 0.4) is 0 Å². The standard InChI is InChI=1S/C56H88O6/c1-4-7-10-13-16-19-22-25-26-27-28-29-30-32-34-37-40-43-46-49-55(58)61-52-53(51-60-54(57)48-45-42-39-36-33-24-21-18-15-12-9-6-3)62-56(59)50-47-44-41-38-35-31-23-20-17-14-11-8-5-2/h7-12,14,16-21,23,25-26,28-29,32,34,53H,4-6,13,15,22,24,27,30-31,33,35-52H2,1-3H3/b10-7-,11-8-,12-9-,17-14-,19-16-,21-18-,23-20-,26-25-,29-28-,34-32-. The van der Waals surface area contributed by atoms with Gasteiger partial charge in [-0.3, -0.25) is 14.4 Å². The van der Waals surface area contributed by atoms with Crippen LogP contribution in [0.15, 0.2) is 122 Å². The van der Waals surface area contributed by atoms with Gasteiger partial charge in [-0.15, -0.1) is 0 Å². The lowest BCUT2D eigenvalue weighted by atomic mass is 10.1. The molecule has 0 spiro atoms. The van der Waals surface area contributed by atoms with E-state index in [1.807, 2.05) is 6.08 Å². The molecule has 0 bridgehead atoms. The molecular weight excluding hydrogens is 769 g/mol. The van der Waals surface area contributed by atoms with Gasteiger partial charge < -0.3 is 14.2 Å². The number of hydrogen-bond acceptors (Lipinski definition) is 6. The summed E-state index contributed by atoms with van der Waals surface area (Å²) in [6.07, 6.45) is 67.5. The molecule has 1 unspecified atom stereocenters. The zero-order valence-electron chi connectivity index (χ0n) is 39.6. The van der Waals surface area contributed by atoms with Gasteiger partial charge in [0.1, 0.15) is 13.2 Å². The zero-order chi connectivity index (χ0) is 45.1. The first kappa shape index (κ1) is 57.8. The van der Waals surface area contributed by atoms with Gasteiger partial charge in [0.2, 0.25) is 0 Å². The number of carbonyl (C=O) groups is 3. The second-order valence-corrected chi connectivity index (χ2v) is 15.6. The van der Waals surface area contributed by atoms with E-state index in [4.69, 9.17) is 14.2 Å². The fourth-order valence-electron chi connectivity index (χ4n) is 6.15. The molecule has 0 heterocycles. The number of carbonyl (C=O) groups excluding carboxylic acids is 3. The van der Waals surface area contributed by atoms with Crippen LogP contribution in [0.2, 0.25) is 0 Å². The summed E-state index contributed by atoms with van der Waals surface area (Å²) in [7, 11) is 0. The Balaban J connectivity index is 4.49. The van der Waals surface area contributed by atoms with Gasteiger partial charge in [-0.1, -0.05) is 187 Å². The van der Waals surface area contributed by atoms with Crippen molar-refractivity contribution in [3.63, 3.8) is 0 Å². The molecule has 0 aliphatic heterocycles. The third-order valence-electron chi connectivity index (χ3n) is 9.75. The van der Waals surface area contributed by atoms with Gasteiger partial charge in [0, 0.05) is 19.3 Å². The van der Waals surface area contributed by atoms with Crippen molar-refractivity contribution >= 4 is 17.9 Å². The molecule has 0 aromatic rings. The number of hydrogen-bond donors (Lipinski definition) is 0. The van der Waals surface area contributed by atoms with Crippen molar-refractivity contribution in [3.05, 3.63) is 122 Å². The molecule has 0 radical (unpaired) electrons. The fraction of sp³-hybridized carbons (Fsp3) is 0.589. The predicted molar refractivity (Wildman–Crippen MR) is 265 cm³/mol. The van der Waals surface area contributed by atoms with Crippen molar-refractivity contribution in [2.45, 2.75) is 200 Å². The Kier molecular flexibility index (Phi) is 46.1. The fourth-order valence-corrected chi connectivity index (χ4v) is 6.15. The minimum Gasteiger partial charge on any atom is -0.462 e. The molecule has 0 rings (SSSR count). The predicted octanol–water partition coefficient (Wildman–Crippen LogP) is 16.1. The minimum atomic E-state index is -0.811. The Morgan fingerprint density at radius 1 is 0.339 bits per heavy atom. The summed E-state index contributed by atoms with van der Waals surface area (Å²) >= 11 is 0. The highest BCUT2D eigenvalue weighted by molar-refractivity contribution is 5.71. The highest BCUT2D eigenvalue weighted by Gasteiger charge is 2.19. The first-order valence-corrected chi connectivity index (χ1v) is 24.6. The molecule has 62 heavy (non-hydrogen) atoms. The van der Waals surface area contributed by atoms with Crippen LogP contribution in [0.5, 0.6) is 0 Å². The van der Waals surface area contributed by atoms with Crippen LogP contribution in [0.25, 0.3) is 0 Å². The van der Waals surface area contributed by atoms with E-state index in [0.29, 0.717) is 12.8 Å². The molecule has 0 saturated carbocycles. The van der Waals surface area contributed by atoms with E-state index in [1.165, 1.54) is 0 Å². The highest BCUT2D eigenvalue weighted by atomic mass is 16.6. The number of unbranched alkanes of at least 4 members (excludes halogenated alkanes) is 13. The maximum absolute atomic E-state index is 12.8. The van der Waals surface area contributed by atoms with Gasteiger partial charge in [0.25, 0.3) is 0 Å². The molecular formula is C56H88O6. The third-order valence-corrected chi connectivity index (χ3v) is 9.75. The van der Waals surface area contributed by atoms with E-state index in [2.05, 4.69) is 136 Å². The summed E-state index contributed by atoms with van der Waals surface area (Å²) in [6.45, 7) is 6.19. The summed E-state index contributed by atoms with van der Waals surface area (Å²) in [5.41, 5.74) is 0. The third kappa shape index (κ3) is 46.9. The second kappa shape index (κ2) is 49.5. The highest BCUT2D eigenvalue weighted by Crippen LogP contribution is 2.12. The second-order valence-electron chi connectivity index (χ2n) is 15.6. The largest absolute Gasteiger partial charge is 0.462 e. The Bertz CT molecular complexity index is 1350. The van der Waals surface area contributed by atoms with E-state index in [1.54, 1.807) is 0 Å². The van der Waals surface area contributed by atoms with Gasteiger partial charge in [-0.2, -0.15) is 0 Å². The summed E-state index contributed by atoms with van der Waals surface area (Å²) < 4.78 is 16.7. The van der Waals surface area contributed by atoms with Crippen LogP contribution in [0.1, 0.15) is 194 Å². The van der Waals surface area contributed by atoms with E-state index >= 15 is 0 Å².